The molecule has 6 nitrogen and oxygen atoms in total. The highest BCUT2D eigenvalue weighted by atomic mass is 35.5. The summed E-state index contributed by atoms with van der Waals surface area (Å²) in [6.45, 7) is 0. The van der Waals surface area contributed by atoms with Crippen LogP contribution in [-0.2, 0) is 0 Å². The van der Waals surface area contributed by atoms with Crippen molar-refractivity contribution in [2.45, 2.75) is 0 Å². The molecule has 0 saturated heterocycles. The summed E-state index contributed by atoms with van der Waals surface area (Å²) in [5.74, 6) is 0.211. The van der Waals surface area contributed by atoms with Gasteiger partial charge in [-0.05, 0) is 12.1 Å². The fourth-order valence-electron chi connectivity index (χ4n) is 2.14. The number of carbonyl (C=O) groups is 1. The third kappa shape index (κ3) is 2.19. The molecule has 2 aromatic heterocycles. The summed E-state index contributed by atoms with van der Waals surface area (Å²) in [4.78, 5) is 19.9. The lowest BCUT2D eigenvalue weighted by Gasteiger charge is -2.04. The molecule has 0 spiro atoms. The van der Waals surface area contributed by atoms with Gasteiger partial charge in [0.25, 0.3) is 5.91 Å². The molecule has 106 valence electrons. The number of nitrogens with zero attached hydrogens (tertiary/aromatic N) is 3. The van der Waals surface area contributed by atoms with E-state index in [4.69, 9.17) is 17.3 Å². The van der Waals surface area contributed by atoms with Crippen LogP contribution >= 0.6 is 11.6 Å². The number of anilines is 1. The van der Waals surface area contributed by atoms with E-state index in [1.807, 2.05) is 12.1 Å². The molecule has 0 bridgehead atoms. The van der Waals surface area contributed by atoms with E-state index in [1.54, 1.807) is 29.9 Å². The lowest BCUT2D eigenvalue weighted by molar-refractivity contribution is 0.0963. The second kappa shape index (κ2) is 5.06. The number of benzene rings is 1. The van der Waals surface area contributed by atoms with Crippen molar-refractivity contribution in [3.05, 3.63) is 47.5 Å². The zero-order valence-corrected chi connectivity index (χ0v) is 11.9. The maximum absolute atomic E-state index is 11.5. The molecule has 3 rings (SSSR count). The minimum absolute atomic E-state index is 0.138. The van der Waals surface area contributed by atoms with Gasteiger partial charge >= 0.3 is 0 Å². The molecule has 1 aromatic carbocycles. The van der Waals surface area contributed by atoms with Crippen LogP contribution in [0.4, 0.5) is 5.82 Å². The maximum atomic E-state index is 11.5. The summed E-state index contributed by atoms with van der Waals surface area (Å²) < 4.78 is 1.67. The number of halogens is 1. The van der Waals surface area contributed by atoms with Gasteiger partial charge in [0.1, 0.15) is 22.8 Å². The van der Waals surface area contributed by atoms with Gasteiger partial charge < -0.3 is 11.1 Å². The molecule has 0 saturated carbocycles. The van der Waals surface area contributed by atoms with E-state index in [0.29, 0.717) is 27.7 Å². The Hall–Kier alpha value is -2.60. The topological polar surface area (TPSA) is 85.3 Å². The fraction of sp³-hybridized carbons (Fsp3) is 0.0714. The Morgan fingerprint density at radius 3 is 2.67 bits per heavy atom. The molecule has 0 radical (unpaired) electrons. The highest BCUT2D eigenvalue weighted by molar-refractivity contribution is 6.29. The Morgan fingerprint density at radius 2 is 2.00 bits per heavy atom. The van der Waals surface area contributed by atoms with Crippen molar-refractivity contribution >= 4 is 28.8 Å². The number of nitrogen functional groups attached to an aromatic ring is 1. The monoisotopic (exact) mass is 301 g/mol. The molecular weight excluding hydrogens is 290 g/mol. The van der Waals surface area contributed by atoms with Crippen LogP contribution in [0.5, 0.6) is 0 Å². The Morgan fingerprint density at radius 1 is 1.29 bits per heavy atom. The number of hydrogen-bond acceptors (Lipinski definition) is 4. The molecule has 0 atom stereocenters. The van der Waals surface area contributed by atoms with E-state index < -0.39 is 0 Å². The van der Waals surface area contributed by atoms with E-state index in [1.165, 1.54) is 6.20 Å². The number of aromatic nitrogens is 3. The van der Waals surface area contributed by atoms with Crippen molar-refractivity contribution in [3.63, 3.8) is 0 Å². The van der Waals surface area contributed by atoms with Crippen molar-refractivity contribution in [1.82, 2.24) is 19.7 Å². The SMILES string of the molecule is CNC(=O)c1ccc(-c2ncn3c(Cl)cnc(N)c23)cc1. The van der Waals surface area contributed by atoms with E-state index >= 15 is 0 Å². The van der Waals surface area contributed by atoms with Crippen molar-refractivity contribution in [2.75, 3.05) is 12.8 Å². The van der Waals surface area contributed by atoms with Gasteiger partial charge in [-0.25, -0.2) is 9.97 Å². The van der Waals surface area contributed by atoms with Gasteiger partial charge in [-0.15, -0.1) is 0 Å². The predicted molar refractivity (Wildman–Crippen MR) is 81.2 cm³/mol. The van der Waals surface area contributed by atoms with Gasteiger partial charge in [-0.2, -0.15) is 0 Å². The largest absolute Gasteiger partial charge is 0.382 e. The number of nitrogens with two attached hydrogens (primary N) is 1. The lowest BCUT2D eigenvalue weighted by atomic mass is 10.1. The predicted octanol–water partition coefficient (Wildman–Crippen LogP) is 1.99. The molecule has 21 heavy (non-hydrogen) atoms. The normalized spacial score (nSPS) is 10.8. The molecule has 0 aliphatic carbocycles. The van der Waals surface area contributed by atoms with Gasteiger partial charge in [0.05, 0.1) is 11.9 Å². The van der Waals surface area contributed by atoms with Crippen molar-refractivity contribution in [1.29, 1.82) is 0 Å². The number of carbonyl (C=O) groups excluding carboxylic acids is 1. The zero-order valence-electron chi connectivity index (χ0n) is 11.2. The summed E-state index contributed by atoms with van der Waals surface area (Å²) in [6, 6.07) is 7.08. The Kier molecular flexibility index (Phi) is 3.23. The third-order valence-corrected chi connectivity index (χ3v) is 3.48. The minimum Gasteiger partial charge on any atom is -0.382 e. The number of nitrogens with one attached hydrogen (secondary N) is 1. The van der Waals surface area contributed by atoms with Crippen LogP contribution in [0.1, 0.15) is 10.4 Å². The highest BCUT2D eigenvalue weighted by Crippen LogP contribution is 2.28. The summed E-state index contributed by atoms with van der Waals surface area (Å²) in [5.41, 5.74) is 8.65. The molecular formula is C14H12ClN5O. The van der Waals surface area contributed by atoms with Crippen LogP contribution in [0.3, 0.4) is 0 Å². The standard InChI is InChI=1S/C14H12ClN5O/c1-17-14(21)9-4-2-8(3-5-9)11-12-13(16)18-6-10(15)20(12)7-19-11/h2-7H,1H3,(H2,16,18)(H,17,21). The van der Waals surface area contributed by atoms with E-state index in [-0.39, 0.29) is 5.91 Å². The first kappa shape index (κ1) is 13.4. The molecule has 0 unspecified atom stereocenters. The van der Waals surface area contributed by atoms with Crippen molar-refractivity contribution in [3.8, 4) is 11.3 Å². The van der Waals surface area contributed by atoms with Gasteiger partial charge in [0, 0.05) is 18.2 Å². The number of amides is 1. The molecule has 3 aromatic rings. The van der Waals surface area contributed by atoms with Crippen molar-refractivity contribution in [2.24, 2.45) is 0 Å². The molecule has 7 heteroatoms. The molecule has 3 N–H and O–H groups in total. The zero-order chi connectivity index (χ0) is 15.0. The maximum Gasteiger partial charge on any atom is 0.251 e. The van der Waals surface area contributed by atoms with Crippen LogP contribution in [0, 0.1) is 0 Å². The number of hydrogen-bond donors (Lipinski definition) is 2. The average molecular weight is 302 g/mol. The van der Waals surface area contributed by atoms with E-state index in [9.17, 15) is 4.79 Å². The van der Waals surface area contributed by atoms with Crippen LogP contribution < -0.4 is 11.1 Å². The summed E-state index contributed by atoms with van der Waals surface area (Å²) >= 11 is 6.07. The first-order chi connectivity index (χ1) is 10.1. The number of imidazole rings is 1. The average Bonchev–Trinajstić information content (AvgIpc) is 2.96. The fourth-order valence-corrected chi connectivity index (χ4v) is 2.31. The Labute approximate surface area is 125 Å². The van der Waals surface area contributed by atoms with Gasteiger partial charge in [-0.1, -0.05) is 23.7 Å². The van der Waals surface area contributed by atoms with Crippen LogP contribution in [0.15, 0.2) is 36.8 Å². The minimum atomic E-state index is -0.138. The summed E-state index contributed by atoms with van der Waals surface area (Å²) in [7, 11) is 1.59. The van der Waals surface area contributed by atoms with Crippen LogP contribution in [0.2, 0.25) is 5.15 Å². The molecule has 0 aliphatic rings. The van der Waals surface area contributed by atoms with E-state index in [0.717, 1.165) is 5.56 Å². The quantitative estimate of drug-likeness (QED) is 0.758. The molecule has 2 heterocycles. The van der Waals surface area contributed by atoms with Crippen molar-refractivity contribution < 1.29 is 4.79 Å². The van der Waals surface area contributed by atoms with Gasteiger partial charge in [0.2, 0.25) is 0 Å². The Bertz CT molecular complexity index is 825. The first-order valence-corrected chi connectivity index (χ1v) is 6.59. The van der Waals surface area contributed by atoms with Crippen LogP contribution in [-0.4, -0.2) is 27.3 Å². The summed E-state index contributed by atoms with van der Waals surface area (Å²) in [5, 5.41) is 3.01. The molecule has 0 fully saturated rings. The lowest BCUT2D eigenvalue weighted by Crippen LogP contribution is -2.17. The number of rotatable bonds is 2. The number of fused-ring (bicyclic) bond motifs is 1. The molecule has 1 amide bonds. The molecule has 0 aliphatic heterocycles. The summed E-state index contributed by atoms with van der Waals surface area (Å²) in [6.07, 6.45) is 3.07. The van der Waals surface area contributed by atoms with Gasteiger partial charge in [0.15, 0.2) is 0 Å². The first-order valence-electron chi connectivity index (χ1n) is 6.21. The highest BCUT2D eigenvalue weighted by Gasteiger charge is 2.13. The third-order valence-electron chi connectivity index (χ3n) is 3.20. The van der Waals surface area contributed by atoms with E-state index in [2.05, 4.69) is 15.3 Å². The van der Waals surface area contributed by atoms with Crippen LogP contribution in [0.25, 0.3) is 16.8 Å². The second-order valence-electron chi connectivity index (χ2n) is 4.43. The Balaban J connectivity index is 2.13. The van der Waals surface area contributed by atoms with Gasteiger partial charge in [-0.3, -0.25) is 9.20 Å². The smallest absolute Gasteiger partial charge is 0.251 e. The second-order valence-corrected chi connectivity index (χ2v) is 4.82.